The molecule has 1 aliphatic carbocycles. The van der Waals surface area contributed by atoms with Crippen LogP contribution in [0.5, 0.6) is 5.75 Å². The molecule has 0 bridgehead atoms. The fraction of sp³-hybridized carbons (Fsp3) is 0.618. The lowest BCUT2D eigenvalue weighted by Gasteiger charge is -2.28. The summed E-state index contributed by atoms with van der Waals surface area (Å²) < 4.78 is 25.3. The third-order valence-corrected chi connectivity index (χ3v) is 8.25. The predicted octanol–water partition coefficient (Wildman–Crippen LogP) is 10.3. The molecular formula is C34H48ClFO3. The number of hydrogen-bond donors (Lipinski definition) is 0. The fourth-order valence-corrected chi connectivity index (χ4v) is 5.61. The van der Waals surface area contributed by atoms with Gasteiger partial charge in [-0.25, -0.2) is 9.18 Å². The average Bonchev–Trinajstić information content (AvgIpc) is 2.96. The van der Waals surface area contributed by atoms with E-state index in [1.165, 1.54) is 37.7 Å². The van der Waals surface area contributed by atoms with E-state index in [0.29, 0.717) is 17.5 Å². The van der Waals surface area contributed by atoms with E-state index in [0.717, 1.165) is 74.7 Å². The van der Waals surface area contributed by atoms with Crippen molar-refractivity contribution in [1.82, 2.24) is 0 Å². The minimum Gasteiger partial charge on any atom is -0.492 e. The number of carbonyl (C=O) groups excluding carboxylic acids is 1. The van der Waals surface area contributed by atoms with Gasteiger partial charge in [-0.1, -0.05) is 101 Å². The van der Waals surface area contributed by atoms with Crippen LogP contribution in [0.4, 0.5) is 4.39 Å². The summed E-state index contributed by atoms with van der Waals surface area (Å²) >= 11 is 6.53. The first-order valence-electron chi connectivity index (χ1n) is 15.4. The molecule has 1 fully saturated rings. The molecule has 2 aromatic carbocycles. The minimum atomic E-state index is -1.47. The van der Waals surface area contributed by atoms with Gasteiger partial charge in [-0.2, -0.15) is 0 Å². The molecule has 1 saturated carbocycles. The first-order valence-corrected chi connectivity index (χ1v) is 15.7. The van der Waals surface area contributed by atoms with Gasteiger partial charge in [0, 0.05) is 0 Å². The van der Waals surface area contributed by atoms with Crippen LogP contribution in [0.25, 0.3) is 11.1 Å². The number of hydrogen-bond acceptors (Lipinski definition) is 3. The van der Waals surface area contributed by atoms with Crippen LogP contribution in [0.2, 0.25) is 5.02 Å². The molecule has 1 atom stereocenters. The predicted molar refractivity (Wildman–Crippen MR) is 160 cm³/mol. The lowest BCUT2D eigenvalue weighted by atomic mass is 9.83. The molecule has 0 aliphatic heterocycles. The third-order valence-electron chi connectivity index (χ3n) is 7.96. The van der Waals surface area contributed by atoms with Crippen LogP contribution < -0.4 is 4.74 Å². The van der Waals surface area contributed by atoms with E-state index >= 15 is 0 Å². The maximum absolute atomic E-state index is 13.9. The second-order valence-corrected chi connectivity index (χ2v) is 11.6. The van der Waals surface area contributed by atoms with Gasteiger partial charge in [0.2, 0.25) is 0 Å². The van der Waals surface area contributed by atoms with Gasteiger partial charge in [-0.3, -0.25) is 0 Å². The van der Waals surface area contributed by atoms with E-state index in [9.17, 15) is 9.18 Å². The first-order chi connectivity index (χ1) is 19.0. The SMILES string of the molecule is CCCCCCCCOc1ccc(-c2ccc(CC[C@H]3CC[C@H](OC(=O)[C@@H](F)CCCC)CC3)cc2)cc1Cl. The number of esters is 1. The third kappa shape index (κ3) is 11.1. The Balaban J connectivity index is 1.37. The zero-order chi connectivity index (χ0) is 27.9. The molecule has 0 amide bonds. The quantitative estimate of drug-likeness (QED) is 0.143. The highest BCUT2D eigenvalue weighted by Gasteiger charge is 2.27. The summed E-state index contributed by atoms with van der Waals surface area (Å²) in [6, 6.07) is 14.8. The number of alkyl halides is 1. The summed E-state index contributed by atoms with van der Waals surface area (Å²) in [5, 5.41) is 0.659. The van der Waals surface area contributed by atoms with Gasteiger partial charge in [-0.05, 0) is 86.1 Å². The number of unbranched alkanes of at least 4 members (excludes halogenated alkanes) is 6. The zero-order valence-electron chi connectivity index (χ0n) is 24.1. The molecule has 39 heavy (non-hydrogen) atoms. The molecule has 1 aliphatic rings. The number of carbonyl (C=O) groups is 1. The molecule has 216 valence electrons. The summed E-state index contributed by atoms with van der Waals surface area (Å²) in [5.74, 6) is 0.725. The molecule has 0 unspecified atom stereocenters. The minimum absolute atomic E-state index is 0.118. The van der Waals surface area contributed by atoms with Crippen LogP contribution in [-0.2, 0) is 16.0 Å². The Kier molecular flexibility index (Phi) is 14.2. The van der Waals surface area contributed by atoms with Crippen molar-refractivity contribution in [3.63, 3.8) is 0 Å². The topological polar surface area (TPSA) is 35.5 Å². The van der Waals surface area contributed by atoms with Crippen molar-refractivity contribution < 1.29 is 18.7 Å². The fourth-order valence-electron chi connectivity index (χ4n) is 5.37. The highest BCUT2D eigenvalue weighted by atomic mass is 35.5. The molecule has 0 radical (unpaired) electrons. The van der Waals surface area contributed by atoms with E-state index in [1.807, 2.05) is 19.1 Å². The Bertz CT molecular complexity index is 969. The van der Waals surface area contributed by atoms with Crippen molar-refractivity contribution in [2.75, 3.05) is 6.61 Å². The average molecular weight is 559 g/mol. The molecule has 5 heteroatoms. The molecule has 0 N–H and O–H groups in total. The maximum atomic E-state index is 13.9. The van der Waals surface area contributed by atoms with Crippen molar-refractivity contribution in [1.29, 1.82) is 0 Å². The van der Waals surface area contributed by atoms with Crippen molar-refractivity contribution in [3.8, 4) is 16.9 Å². The Hall–Kier alpha value is -2.07. The maximum Gasteiger partial charge on any atom is 0.340 e. The smallest absolute Gasteiger partial charge is 0.340 e. The van der Waals surface area contributed by atoms with Gasteiger partial charge in [0.15, 0.2) is 6.17 Å². The van der Waals surface area contributed by atoms with E-state index in [-0.39, 0.29) is 12.5 Å². The molecule has 0 saturated heterocycles. The Labute approximate surface area is 240 Å². The van der Waals surface area contributed by atoms with Gasteiger partial charge in [0.05, 0.1) is 11.6 Å². The normalized spacial score (nSPS) is 18.1. The number of rotatable bonds is 17. The van der Waals surface area contributed by atoms with Crippen molar-refractivity contribution >= 4 is 17.6 Å². The van der Waals surface area contributed by atoms with E-state index < -0.39 is 12.1 Å². The van der Waals surface area contributed by atoms with E-state index in [4.69, 9.17) is 21.1 Å². The summed E-state index contributed by atoms with van der Waals surface area (Å²) in [6.45, 7) is 4.94. The molecule has 0 aromatic heterocycles. The second kappa shape index (κ2) is 17.6. The van der Waals surface area contributed by atoms with Gasteiger partial charge < -0.3 is 9.47 Å². The molecule has 0 heterocycles. The molecule has 3 nitrogen and oxygen atoms in total. The second-order valence-electron chi connectivity index (χ2n) is 11.2. The standard InChI is InChI=1S/C34H48ClFO3/c1-3-5-7-8-9-10-24-38-33-23-20-29(25-31(33)35)28-18-14-26(15-19-28)12-13-27-16-21-30(22-17-27)39-34(37)32(36)11-6-4-2/h14-15,18-20,23,25,27,30,32H,3-13,16-17,21-22,24H2,1-2H3/t27-,30-,32-/m0/s1. The summed E-state index contributed by atoms with van der Waals surface area (Å²) in [5.41, 5.74) is 3.57. The molecule has 3 rings (SSSR count). The molecule has 0 spiro atoms. The number of ether oxygens (including phenoxy) is 2. The van der Waals surface area contributed by atoms with Crippen molar-refractivity contribution in [3.05, 3.63) is 53.1 Å². The number of benzene rings is 2. The number of halogens is 2. The van der Waals surface area contributed by atoms with Gasteiger partial charge >= 0.3 is 5.97 Å². The number of aryl methyl sites for hydroxylation is 1. The lowest BCUT2D eigenvalue weighted by Crippen LogP contribution is -2.29. The highest BCUT2D eigenvalue weighted by molar-refractivity contribution is 6.32. The van der Waals surface area contributed by atoms with Crippen LogP contribution in [0.1, 0.15) is 109 Å². The first kappa shape index (κ1) is 31.5. The van der Waals surface area contributed by atoms with Crippen molar-refractivity contribution in [2.24, 2.45) is 5.92 Å². The Morgan fingerprint density at radius 1 is 0.897 bits per heavy atom. The zero-order valence-corrected chi connectivity index (χ0v) is 24.8. The monoisotopic (exact) mass is 558 g/mol. The van der Waals surface area contributed by atoms with Crippen LogP contribution >= 0.6 is 11.6 Å². The lowest BCUT2D eigenvalue weighted by molar-refractivity contribution is -0.157. The van der Waals surface area contributed by atoms with E-state index in [2.05, 4.69) is 37.3 Å². The summed E-state index contributed by atoms with van der Waals surface area (Å²) in [6.07, 6.45) is 13.7. The van der Waals surface area contributed by atoms with Crippen molar-refractivity contribution in [2.45, 2.75) is 122 Å². The van der Waals surface area contributed by atoms with E-state index in [1.54, 1.807) is 0 Å². The summed E-state index contributed by atoms with van der Waals surface area (Å²) in [4.78, 5) is 12.0. The molecular weight excluding hydrogens is 511 g/mol. The van der Waals surface area contributed by atoms with Crippen LogP contribution in [-0.4, -0.2) is 24.9 Å². The largest absolute Gasteiger partial charge is 0.492 e. The van der Waals surface area contributed by atoms with Gasteiger partial charge in [0.25, 0.3) is 0 Å². The Morgan fingerprint density at radius 3 is 2.26 bits per heavy atom. The highest BCUT2D eigenvalue weighted by Crippen LogP contribution is 2.32. The Morgan fingerprint density at radius 2 is 1.56 bits per heavy atom. The van der Waals surface area contributed by atoms with Crippen LogP contribution in [0.15, 0.2) is 42.5 Å². The molecule has 2 aromatic rings. The van der Waals surface area contributed by atoms with Crippen LogP contribution in [0.3, 0.4) is 0 Å². The van der Waals surface area contributed by atoms with Gasteiger partial charge in [-0.15, -0.1) is 0 Å². The van der Waals surface area contributed by atoms with Crippen LogP contribution in [0, 0.1) is 5.92 Å². The summed E-state index contributed by atoms with van der Waals surface area (Å²) in [7, 11) is 0. The van der Waals surface area contributed by atoms with Gasteiger partial charge in [0.1, 0.15) is 11.9 Å².